The minimum absolute atomic E-state index is 0.0827. The SMILES string of the molecule is O=C(CN1C(=O)NC2(CCCc3ccccc32)C1=O)Nc1ccccc1O. The molecular formula is C20H19N3O4. The van der Waals surface area contributed by atoms with Crippen molar-refractivity contribution in [3.63, 3.8) is 0 Å². The molecule has 1 heterocycles. The average molecular weight is 365 g/mol. The van der Waals surface area contributed by atoms with E-state index in [0.29, 0.717) is 6.42 Å². The highest BCUT2D eigenvalue weighted by Crippen LogP contribution is 2.39. The van der Waals surface area contributed by atoms with E-state index in [1.165, 1.54) is 12.1 Å². The van der Waals surface area contributed by atoms with Gasteiger partial charge in [-0.05, 0) is 42.5 Å². The van der Waals surface area contributed by atoms with Crippen LogP contribution in [0.15, 0.2) is 48.5 Å². The van der Waals surface area contributed by atoms with Crippen LogP contribution < -0.4 is 10.6 Å². The van der Waals surface area contributed by atoms with Gasteiger partial charge < -0.3 is 15.7 Å². The lowest BCUT2D eigenvalue weighted by Gasteiger charge is -2.33. The summed E-state index contributed by atoms with van der Waals surface area (Å²) >= 11 is 0. The molecule has 2 aromatic carbocycles. The first-order valence-corrected chi connectivity index (χ1v) is 8.81. The number of anilines is 1. The molecule has 0 bridgehead atoms. The van der Waals surface area contributed by atoms with Crippen LogP contribution in [0.1, 0.15) is 24.0 Å². The zero-order valence-corrected chi connectivity index (χ0v) is 14.6. The fourth-order valence-corrected chi connectivity index (χ4v) is 3.87. The monoisotopic (exact) mass is 365 g/mol. The van der Waals surface area contributed by atoms with Gasteiger partial charge in [0.15, 0.2) is 0 Å². The van der Waals surface area contributed by atoms with E-state index in [2.05, 4.69) is 10.6 Å². The highest BCUT2D eigenvalue weighted by molar-refractivity contribution is 6.10. The van der Waals surface area contributed by atoms with E-state index in [0.717, 1.165) is 28.9 Å². The zero-order valence-electron chi connectivity index (χ0n) is 14.6. The number of nitrogens with one attached hydrogen (secondary N) is 2. The lowest BCUT2D eigenvalue weighted by atomic mass is 9.76. The number of aromatic hydroxyl groups is 1. The van der Waals surface area contributed by atoms with Crippen molar-refractivity contribution >= 4 is 23.5 Å². The van der Waals surface area contributed by atoms with Crippen molar-refractivity contribution in [2.45, 2.75) is 24.8 Å². The summed E-state index contributed by atoms with van der Waals surface area (Å²) in [6.45, 7) is -0.414. The molecule has 1 spiro atoms. The maximum absolute atomic E-state index is 13.1. The van der Waals surface area contributed by atoms with Crippen LogP contribution >= 0.6 is 0 Å². The number of phenols is 1. The summed E-state index contributed by atoms with van der Waals surface area (Å²) in [6, 6.07) is 13.3. The van der Waals surface area contributed by atoms with E-state index in [-0.39, 0.29) is 11.4 Å². The molecule has 1 unspecified atom stereocenters. The van der Waals surface area contributed by atoms with E-state index in [1.54, 1.807) is 12.1 Å². The fraction of sp³-hybridized carbons (Fsp3) is 0.250. The Morgan fingerprint density at radius 2 is 1.89 bits per heavy atom. The molecule has 27 heavy (non-hydrogen) atoms. The van der Waals surface area contributed by atoms with Crippen molar-refractivity contribution < 1.29 is 19.5 Å². The summed E-state index contributed by atoms with van der Waals surface area (Å²) in [5, 5.41) is 15.1. The Morgan fingerprint density at radius 3 is 2.70 bits per heavy atom. The smallest absolute Gasteiger partial charge is 0.325 e. The average Bonchev–Trinajstić information content (AvgIpc) is 2.89. The summed E-state index contributed by atoms with van der Waals surface area (Å²) in [5.41, 5.74) is 0.976. The van der Waals surface area contributed by atoms with Crippen LogP contribution in [-0.2, 0) is 21.5 Å². The number of carbonyl (C=O) groups excluding carboxylic acids is 3. The van der Waals surface area contributed by atoms with Crippen LogP contribution in [0.5, 0.6) is 5.75 Å². The number of hydrogen-bond acceptors (Lipinski definition) is 4. The van der Waals surface area contributed by atoms with Gasteiger partial charge in [0.25, 0.3) is 5.91 Å². The maximum atomic E-state index is 13.1. The molecule has 138 valence electrons. The molecule has 1 aliphatic carbocycles. The first-order chi connectivity index (χ1) is 13.0. The molecule has 0 aromatic heterocycles. The molecule has 7 nitrogen and oxygen atoms in total. The lowest BCUT2D eigenvalue weighted by Crippen LogP contribution is -2.47. The number of fused-ring (bicyclic) bond motifs is 2. The van der Waals surface area contributed by atoms with E-state index < -0.39 is 29.9 Å². The second-order valence-corrected chi connectivity index (χ2v) is 6.80. The van der Waals surface area contributed by atoms with Crippen LogP contribution in [0.25, 0.3) is 0 Å². The number of amides is 4. The number of aryl methyl sites for hydroxylation is 1. The Balaban J connectivity index is 1.56. The Labute approximate surface area is 156 Å². The minimum Gasteiger partial charge on any atom is -0.506 e. The van der Waals surface area contributed by atoms with E-state index in [1.807, 2.05) is 24.3 Å². The molecule has 1 saturated heterocycles. The molecule has 4 amide bonds. The molecule has 2 aromatic rings. The van der Waals surface area contributed by atoms with Crippen molar-refractivity contribution in [1.82, 2.24) is 10.2 Å². The fourth-order valence-electron chi connectivity index (χ4n) is 3.87. The minimum atomic E-state index is -1.10. The predicted octanol–water partition coefficient (Wildman–Crippen LogP) is 2.11. The van der Waals surface area contributed by atoms with Gasteiger partial charge in [-0.2, -0.15) is 0 Å². The normalized spacial score (nSPS) is 21.1. The Bertz CT molecular complexity index is 942. The van der Waals surface area contributed by atoms with Gasteiger partial charge in [0.05, 0.1) is 5.69 Å². The number of imide groups is 1. The molecular weight excluding hydrogens is 346 g/mol. The molecule has 1 aliphatic heterocycles. The number of carbonyl (C=O) groups is 3. The molecule has 0 saturated carbocycles. The first-order valence-electron chi connectivity index (χ1n) is 8.81. The predicted molar refractivity (Wildman–Crippen MR) is 98.0 cm³/mol. The molecule has 4 rings (SSSR count). The topological polar surface area (TPSA) is 98.7 Å². The number of nitrogens with zero attached hydrogens (tertiary/aromatic N) is 1. The molecule has 2 aliphatic rings. The van der Waals surface area contributed by atoms with Gasteiger partial charge in [-0.15, -0.1) is 0 Å². The van der Waals surface area contributed by atoms with Crippen LogP contribution in [-0.4, -0.2) is 34.4 Å². The van der Waals surface area contributed by atoms with Gasteiger partial charge in [-0.25, -0.2) is 4.79 Å². The van der Waals surface area contributed by atoms with Crippen LogP contribution in [0.4, 0.5) is 10.5 Å². The number of para-hydroxylation sites is 2. The van der Waals surface area contributed by atoms with Gasteiger partial charge >= 0.3 is 6.03 Å². The number of benzene rings is 2. The number of urea groups is 1. The third-order valence-electron chi connectivity index (χ3n) is 5.13. The van der Waals surface area contributed by atoms with Gasteiger partial charge in [0.2, 0.25) is 5.91 Å². The van der Waals surface area contributed by atoms with E-state index in [4.69, 9.17) is 0 Å². The highest BCUT2D eigenvalue weighted by Gasteiger charge is 2.54. The number of hydrogen-bond donors (Lipinski definition) is 3. The Kier molecular flexibility index (Phi) is 4.07. The molecule has 3 N–H and O–H groups in total. The second kappa shape index (κ2) is 6.42. The van der Waals surface area contributed by atoms with E-state index >= 15 is 0 Å². The van der Waals surface area contributed by atoms with Crippen LogP contribution in [0, 0.1) is 0 Å². The Hall–Kier alpha value is -3.35. The van der Waals surface area contributed by atoms with Crippen LogP contribution in [0.2, 0.25) is 0 Å². The van der Waals surface area contributed by atoms with Gasteiger partial charge in [-0.1, -0.05) is 36.4 Å². The first kappa shape index (κ1) is 17.1. The summed E-state index contributed by atoms with van der Waals surface area (Å²) in [5.74, 6) is -1.05. The van der Waals surface area contributed by atoms with Crippen molar-refractivity contribution in [3.8, 4) is 5.75 Å². The lowest BCUT2D eigenvalue weighted by molar-refractivity contribution is -0.134. The van der Waals surface area contributed by atoms with Crippen molar-refractivity contribution in [2.75, 3.05) is 11.9 Å². The van der Waals surface area contributed by atoms with Gasteiger partial charge in [0.1, 0.15) is 17.8 Å². The maximum Gasteiger partial charge on any atom is 0.325 e. The molecule has 0 radical (unpaired) electrons. The third kappa shape index (κ3) is 2.81. The molecule has 1 atom stereocenters. The summed E-state index contributed by atoms with van der Waals surface area (Å²) in [4.78, 5) is 38.9. The molecule has 7 heteroatoms. The van der Waals surface area contributed by atoms with Crippen molar-refractivity contribution in [2.24, 2.45) is 0 Å². The summed E-state index contributed by atoms with van der Waals surface area (Å²) in [7, 11) is 0. The highest BCUT2D eigenvalue weighted by atomic mass is 16.3. The third-order valence-corrected chi connectivity index (χ3v) is 5.13. The summed E-state index contributed by atoms with van der Waals surface area (Å²) in [6.07, 6.45) is 2.14. The van der Waals surface area contributed by atoms with Crippen LogP contribution in [0.3, 0.4) is 0 Å². The quantitative estimate of drug-likeness (QED) is 0.573. The standard InChI is InChI=1S/C20H19N3O4/c24-16-10-4-3-9-15(16)21-17(25)12-23-18(26)20(22-19(23)27)11-5-7-13-6-1-2-8-14(13)20/h1-4,6,8-10,24H,5,7,11-12H2,(H,21,25)(H,22,27). The summed E-state index contributed by atoms with van der Waals surface area (Å²) < 4.78 is 0. The largest absolute Gasteiger partial charge is 0.506 e. The zero-order chi connectivity index (χ0) is 19.0. The number of phenolic OH excluding ortho intramolecular Hbond substituents is 1. The van der Waals surface area contributed by atoms with Crippen molar-refractivity contribution in [1.29, 1.82) is 0 Å². The van der Waals surface area contributed by atoms with Gasteiger partial charge in [0, 0.05) is 0 Å². The van der Waals surface area contributed by atoms with Gasteiger partial charge in [-0.3, -0.25) is 14.5 Å². The van der Waals surface area contributed by atoms with E-state index in [9.17, 15) is 19.5 Å². The second-order valence-electron chi connectivity index (χ2n) is 6.80. The van der Waals surface area contributed by atoms with Crippen molar-refractivity contribution in [3.05, 3.63) is 59.7 Å². The molecule has 1 fully saturated rings. The number of rotatable bonds is 3. The Morgan fingerprint density at radius 1 is 1.15 bits per heavy atom.